The zero-order chi connectivity index (χ0) is 10.3. The van der Waals surface area contributed by atoms with Crippen LogP contribution in [0.15, 0.2) is 29.0 Å². The highest BCUT2D eigenvalue weighted by atomic mass is 32.1. The van der Waals surface area contributed by atoms with Crippen molar-refractivity contribution >= 4 is 17.2 Å². The van der Waals surface area contributed by atoms with Gasteiger partial charge in [0, 0.05) is 11.4 Å². The first-order valence-electron chi connectivity index (χ1n) is 5.38. The number of hydrogen-bond donors (Lipinski definition) is 0. The monoisotopic (exact) mass is 219 g/mol. The van der Waals surface area contributed by atoms with Crippen molar-refractivity contribution < 1.29 is 4.79 Å². The molecule has 0 unspecified atom stereocenters. The maximum atomic E-state index is 12.2. The van der Waals surface area contributed by atoms with E-state index < -0.39 is 0 Å². The second-order valence-electron chi connectivity index (χ2n) is 4.19. The molecular weight excluding hydrogens is 206 g/mol. The van der Waals surface area contributed by atoms with Crippen LogP contribution in [-0.4, -0.2) is 22.9 Å². The van der Waals surface area contributed by atoms with Gasteiger partial charge in [0.1, 0.15) is 0 Å². The summed E-state index contributed by atoms with van der Waals surface area (Å²) >= 11 is 1.59. The van der Waals surface area contributed by atoms with Gasteiger partial charge in [-0.1, -0.05) is 12.2 Å². The fraction of sp³-hybridized carbons (Fsp3) is 0.417. The van der Waals surface area contributed by atoms with Crippen molar-refractivity contribution in [3.8, 4) is 0 Å². The van der Waals surface area contributed by atoms with Gasteiger partial charge < -0.3 is 4.90 Å². The lowest BCUT2D eigenvalue weighted by molar-refractivity contribution is 0.0689. The van der Waals surface area contributed by atoms with Gasteiger partial charge in [-0.05, 0) is 30.7 Å². The number of nitrogens with zero attached hydrogens (tertiary/aromatic N) is 1. The van der Waals surface area contributed by atoms with Gasteiger partial charge in [0.25, 0.3) is 5.91 Å². The smallest absolute Gasteiger partial charge is 0.255 e. The first kappa shape index (κ1) is 9.16. The predicted octanol–water partition coefficient (Wildman–Crippen LogP) is 2.68. The molecule has 2 aliphatic heterocycles. The SMILES string of the molecule is O=C(c1ccsc1)N1[C@H]2CC=C[C@H]1CC2. The largest absolute Gasteiger partial charge is 0.329 e. The topological polar surface area (TPSA) is 20.3 Å². The molecule has 2 atom stereocenters. The molecule has 0 aliphatic carbocycles. The molecule has 1 aromatic heterocycles. The summed E-state index contributed by atoms with van der Waals surface area (Å²) in [4.78, 5) is 14.3. The third-order valence-electron chi connectivity index (χ3n) is 3.32. The zero-order valence-electron chi connectivity index (χ0n) is 8.43. The third-order valence-corrected chi connectivity index (χ3v) is 4.00. The van der Waals surface area contributed by atoms with Gasteiger partial charge in [0.2, 0.25) is 0 Å². The highest BCUT2D eigenvalue weighted by molar-refractivity contribution is 7.08. The Bertz CT molecular complexity index is 396. The molecule has 3 heterocycles. The molecule has 0 radical (unpaired) electrons. The van der Waals surface area contributed by atoms with E-state index in [4.69, 9.17) is 0 Å². The van der Waals surface area contributed by atoms with E-state index in [-0.39, 0.29) is 5.91 Å². The molecule has 0 saturated carbocycles. The Hall–Kier alpha value is -1.09. The number of hydrogen-bond acceptors (Lipinski definition) is 2. The fourth-order valence-electron chi connectivity index (χ4n) is 2.58. The molecule has 0 N–H and O–H groups in total. The molecule has 1 saturated heterocycles. The molecule has 1 fully saturated rings. The average molecular weight is 219 g/mol. The van der Waals surface area contributed by atoms with Gasteiger partial charge in [-0.15, -0.1) is 0 Å². The summed E-state index contributed by atoms with van der Waals surface area (Å²) in [5.74, 6) is 0.216. The first-order valence-corrected chi connectivity index (χ1v) is 6.32. The average Bonchev–Trinajstić information content (AvgIpc) is 2.85. The van der Waals surface area contributed by atoms with Crippen LogP contribution in [0.3, 0.4) is 0 Å². The van der Waals surface area contributed by atoms with E-state index in [2.05, 4.69) is 17.1 Å². The standard InChI is InChI=1S/C12H13NOS/c14-12(9-6-7-15-8-9)13-10-2-1-3-11(13)5-4-10/h1-2,6-8,10-11H,3-5H2/t10-,11-/m0/s1. The third kappa shape index (κ3) is 1.42. The summed E-state index contributed by atoms with van der Waals surface area (Å²) in [7, 11) is 0. The van der Waals surface area contributed by atoms with Crippen molar-refractivity contribution in [1.29, 1.82) is 0 Å². The van der Waals surface area contributed by atoms with Crippen LogP contribution in [0.4, 0.5) is 0 Å². The first-order chi connectivity index (χ1) is 7.36. The summed E-state index contributed by atoms with van der Waals surface area (Å²) < 4.78 is 0. The Balaban J connectivity index is 1.89. The minimum absolute atomic E-state index is 0.216. The van der Waals surface area contributed by atoms with Gasteiger partial charge in [-0.25, -0.2) is 0 Å². The van der Waals surface area contributed by atoms with Crippen LogP contribution >= 0.6 is 11.3 Å². The van der Waals surface area contributed by atoms with Crippen molar-refractivity contribution in [2.75, 3.05) is 0 Å². The Labute approximate surface area is 93.2 Å². The van der Waals surface area contributed by atoms with Crippen molar-refractivity contribution in [3.05, 3.63) is 34.5 Å². The van der Waals surface area contributed by atoms with E-state index in [1.165, 1.54) is 0 Å². The van der Waals surface area contributed by atoms with Gasteiger partial charge in [0.15, 0.2) is 0 Å². The molecule has 0 aromatic carbocycles. The number of rotatable bonds is 1. The summed E-state index contributed by atoms with van der Waals surface area (Å²) in [6, 6.07) is 2.73. The number of fused-ring (bicyclic) bond motifs is 2. The van der Waals surface area contributed by atoms with Crippen molar-refractivity contribution in [2.24, 2.45) is 0 Å². The molecular formula is C12H13NOS. The van der Waals surface area contributed by atoms with E-state index in [0.29, 0.717) is 12.1 Å². The lowest BCUT2D eigenvalue weighted by atomic mass is 10.1. The second kappa shape index (κ2) is 3.49. The summed E-state index contributed by atoms with van der Waals surface area (Å²) in [5, 5.41) is 3.91. The van der Waals surface area contributed by atoms with E-state index >= 15 is 0 Å². The van der Waals surface area contributed by atoms with Crippen LogP contribution in [0.2, 0.25) is 0 Å². The van der Waals surface area contributed by atoms with Crippen LogP contribution in [0.25, 0.3) is 0 Å². The number of thiophene rings is 1. The van der Waals surface area contributed by atoms with E-state index in [9.17, 15) is 4.79 Å². The highest BCUT2D eigenvalue weighted by Gasteiger charge is 2.37. The van der Waals surface area contributed by atoms with E-state index in [0.717, 1.165) is 24.8 Å². The molecule has 0 spiro atoms. The minimum Gasteiger partial charge on any atom is -0.329 e. The van der Waals surface area contributed by atoms with Gasteiger partial charge in [-0.3, -0.25) is 4.79 Å². The molecule has 1 amide bonds. The molecule has 78 valence electrons. The summed E-state index contributed by atoms with van der Waals surface area (Å²) in [6.45, 7) is 0. The molecule has 15 heavy (non-hydrogen) atoms. The quantitative estimate of drug-likeness (QED) is 0.665. The van der Waals surface area contributed by atoms with Crippen molar-refractivity contribution in [1.82, 2.24) is 4.90 Å². The Morgan fingerprint density at radius 2 is 2.40 bits per heavy atom. The zero-order valence-corrected chi connectivity index (χ0v) is 9.24. The number of carbonyl (C=O) groups excluding carboxylic acids is 1. The molecule has 1 aromatic rings. The molecule has 3 heteroatoms. The molecule has 3 rings (SSSR count). The normalized spacial score (nSPS) is 28.4. The van der Waals surface area contributed by atoms with Gasteiger partial charge >= 0.3 is 0 Å². The van der Waals surface area contributed by atoms with Gasteiger partial charge in [0.05, 0.1) is 11.6 Å². The van der Waals surface area contributed by atoms with Crippen LogP contribution in [0.1, 0.15) is 29.6 Å². The molecule has 2 nitrogen and oxygen atoms in total. The lowest BCUT2D eigenvalue weighted by Crippen LogP contribution is -2.41. The van der Waals surface area contributed by atoms with E-state index in [1.54, 1.807) is 11.3 Å². The minimum atomic E-state index is 0.216. The van der Waals surface area contributed by atoms with Crippen LogP contribution in [-0.2, 0) is 0 Å². The second-order valence-corrected chi connectivity index (χ2v) is 4.97. The van der Waals surface area contributed by atoms with Crippen LogP contribution in [0.5, 0.6) is 0 Å². The van der Waals surface area contributed by atoms with Gasteiger partial charge in [-0.2, -0.15) is 11.3 Å². The maximum Gasteiger partial charge on any atom is 0.255 e. The molecule has 2 aliphatic rings. The predicted molar refractivity (Wildman–Crippen MR) is 61.1 cm³/mol. The Morgan fingerprint density at radius 3 is 3.13 bits per heavy atom. The van der Waals surface area contributed by atoms with Crippen molar-refractivity contribution in [3.63, 3.8) is 0 Å². The highest BCUT2D eigenvalue weighted by Crippen LogP contribution is 2.32. The van der Waals surface area contributed by atoms with E-state index in [1.807, 2.05) is 16.8 Å². The Kier molecular flexibility index (Phi) is 2.13. The number of carbonyl (C=O) groups is 1. The molecule has 2 bridgehead atoms. The summed E-state index contributed by atoms with van der Waals surface area (Å²) in [6.07, 6.45) is 7.74. The van der Waals surface area contributed by atoms with Crippen molar-refractivity contribution in [2.45, 2.75) is 31.3 Å². The summed E-state index contributed by atoms with van der Waals surface area (Å²) in [5.41, 5.74) is 0.854. The Morgan fingerprint density at radius 1 is 1.47 bits per heavy atom. The lowest BCUT2D eigenvalue weighted by Gasteiger charge is -2.31. The maximum absolute atomic E-state index is 12.2. The fourth-order valence-corrected chi connectivity index (χ4v) is 3.21. The van der Waals surface area contributed by atoms with Crippen LogP contribution in [0, 0.1) is 0 Å². The van der Waals surface area contributed by atoms with Crippen LogP contribution < -0.4 is 0 Å². The number of amides is 1.